The number of nitrogens with zero attached hydrogens (tertiary/aromatic N) is 3. The van der Waals surface area contributed by atoms with Gasteiger partial charge in [0.1, 0.15) is 36.7 Å². The van der Waals surface area contributed by atoms with Gasteiger partial charge in [0.15, 0.2) is 6.29 Å². The summed E-state index contributed by atoms with van der Waals surface area (Å²) in [5, 5.41) is 27.4. The van der Waals surface area contributed by atoms with Gasteiger partial charge in [-0.1, -0.05) is 86.1 Å². The quantitative estimate of drug-likeness (QED) is 0.212. The first-order valence-electron chi connectivity index (χ1n) is 13.2. The lowest BCUT2D eigenvalue weighted by Crippen LogP contribution is -2.47. The van der Waals surface area contributed by atoms with Crippen molar-refractivity contribution in [3.05, 3.63) is 124 Å². The molecular weight excluding hydrogens is 554 g/mol. The molecule has 1 aliphatic rings. The Morgan fingerprint density at radius 2 is 1.86 bits per heavy atom. The number of nitriles is 1. The van der Waals surface area contributed by atoms with Gasteiger partial charge in [-0.05, 0) is 34.9 Å². The molecule has 8 nitrogen and oxygen atoms in total. The molecule has 1 aliphatic carbocycles. The number of halogens is 1. The molecule has 0 amide bonds. The van der Waals surface area contributed by atoms with Gasteiger partial charge in [-0.25, -0.2) is 0 Å². The molecular formula is C33H28ClN3O5. The van der Waals surface area contributed by atoms with E-state index < -0.39 is 17.4 Å². The van der Waals surface area contributed by atoms with E-state index in [4.69, 9.17) is 25.5 Å². The highest BCUT2D eigenvalue weighted by Gasteiger charge is 2.53. The first kappa shape index (κ1) is 28.8. The van der Waals surface area contributed by atoms with E-state index in [2.05, 4.69) is 36.2 Å². The number of rotatable bonds is 10. The van der Waals surface area contributed by atoms with Crippen LogP contribution in [0.1, 0.15) is 52.7 Å². The van der Waals surface area contributed by atoms with E-state index in [-0.39, 0.29) is 41.3 Å². The number of aldehydes is 1. The number of ether oxygens (including phenoxy) is 2. The molecule has 212 valence electrons. The minimum Gasteiger partial charge on any atom is -0.490 e. The highest BCUT2D eigenvalue weighted by Crippen LogP contribution is 2.53. The normalized spacial score (nSPS) is 17.3. The molecule has 0 aliphatic heterocycles. The van der Waals surface area contributed by atoms with E-state index in [1.165, 1.54) is 6.07 Å². The van der Waals surface area contributed by atoms with Gasteiger partial charge in [-0.2, -0.15) is 5.26 Å². The molecule has 1 atom stereocenters. The fourth-order valence-electron chi connectivity index (χ4n) is 5.13. The smallest absolute Gasteiger partial charge is 0.241 e. The van der Waals surface area contributed by atoms with Gasteiger partial charge in [0, 0.05) is 11.5 Å². The van der Waals surface area contributed by atoms with Crippen LogP contribution >= 0.6 is 11.6 Å². The number of aromatic nitrogens is 2. The Kier molecular flexibility index (Phi) is 8.25. The Hall–Kier alpha value is -4.71. The highest BCUT2D eigenvalue weighted by atomic mass is 35.5. The summed E-state index contributed by atoms with van der Waals surface area (Å²) in [6, 6.07) is 22.2. The monoisotopic (exact) mass is 581 g/mol. The molecule has 0 radical (unpaired) electrons. The standard InChI is InChI=1S/C33H28ClN3O5/c1-32(2)26(24-10-4-3-5-11-24)12-7-13-33(32,31-37-36-30(19-39)42-31)21-41-29-16-28(25(18-38)15-27(29)34)40-20-23-9-6-8-22(14-23)17-35/h3-16,18,39H,19-21H2,1-2H3. The Bertz CT molecular complexity index is 1700. The number of aliphatic hydroxyl groups is 1. The van der Waals surface area contributed by atoms with Crippen LogP contribution in [-0.2, 0) is 18.6 Å². The molecule has 0 fully saturated rings. The molecule has 0 saturated carbocycles. The third-order valence-corrected chi connectivity index (χ3v) is 7.89. The van der Waals surface area contributed by atoms with Gasteiger partial charge in [-0.15, -0.1) is 10.2 Å². The minimum absolute atomic E-state index is 0.0392. The summed E-state index contributed by atoms with van der Waals surface area (Å²) in [5.74, 6) is 0.950. The zero-order valence-electron chi connectivity index (χ0n) is 23.1. The number of hydrogen-bond donors (Lipinski definition) is 1. The van der Waals surface area contributed by atoms with Crippen LogP contribution in [0.2, 0.25) is 5.02 Å². The summed E-state index contributed by atoms with van der Waals surface area (Å²) in [6.45, 7) is 3.92. The minimum atomic E-state index is -0.960. The van der Waals surface area contributed by atoms with E-state index in [1.54, 1.807) is 24.3 Å². The Morgan fingerprint density at radius 1 is 1.05 bits per heavy atom. The van der Waals surface area contributed by atoms with Gasteiger partial charge in [0.2, 0.25) is 11.8 Å². The Morgan fingerprint density at radius 3 is 2.57 bits per heavy atom. The number of carbonyl (C=O) groups excluding carboxylic acids is 1. The maximum atomic E-state index is 11.8. The van der Waals surface area contributed by atoms with Crippen molar-refractivity contribution in [1.82, 2.24) is 10.2 Å². The zero-order valence-corrected chi connectivity index (χ0v) is 23.8. The molecule has 1 aromatic heterocycles. The topological polar surface area (TPSA) is 118 Å². The van der Waals surface area contributed by atoms with Crippen LogP contribution in [0.25, 0.3) is 5.57 Å². The molecule has 4 aromatic rings. The molecule has 1 N–H and O–H groups in total. The highest BCUT2D eigenvalue weighted by molar-refractivity contribution is 6.32. The second kappa shape index (κ2) is 12.0. The third-order valence-electron chi connectivity index (χ3n) is 7.60. The summed E-state index contributed by atoms with van der Waals surface area (Å²) in [7, 11) is 0. The molecule has 0 saturated heterocycles. The van der Waals surface area contributed by atoms with Crippen LogP contribution in [0.4, 0.5) is 0 Å². The third kappa shape index (κ3) is 5.45. The molecule has 5 rings (SSSR count). The lowest BCUT2D eigenvalue weighted by atomic mass is 9.58. The maximum Gasteiger partial charge on any atom is 0.241 e. The Labute approximate surface area is 248 Å². The SMILES string of the molecule is CC1(C)C(c2ccccc2)=CC=CC1(COc1cc(OCc2cccc(C#N)c2)c(C=O)cc1Cl)c1nnc(CO)o1. The molecule has 0 bridgehead atoms. The largest absolute Gasteiger partial charge is 0.490 e. The van der Waals surface area contributed by atoms with E-state index >= 15 is 0 Å². The fourth-order valence-corrected chi connectivity index (χ4v) is 5.35. The fraction of sp³-hybridized carbons (Fsp3) is 0.212. The van der Waals surface area contributed by atoms with Crippen molar-refractivity contribution in [2.75, 3.05) is 6.61 Å². The van der Waals surface area contributed by atoms with Crippen molar-refractivity contribution in [3.8, 4) is 17.6 Å². The molecule has 42 heavy (non-hydrogen) atoms. The van der Waals surface area contributed by atoms with Crippen LogP contribution in [0, 0.1) is 16.7 Å². The average molecular weight is 582 g/mol. The molecule has 9 heteroatoms. The van der Waals surface area contributed by atoms with Crippen molar-refractivity contribution >= 4 is 23.5 Å². The van der Waals surface area contributed by atoms with Crippen LogP contribution in [0.15, 0.2) is 89.4 Å². The molecule has 1 unspecified atom stereocenters. The van der Waals surface area contributed by atoms with Crippen molar-refractivity contribution < 1.29 is 23.8 Å². The number of hydrogen-bond acceptors (Lipinski definition) is 8. The number of benzene rings is 3. The summed E-state index contributed by atoms with van der Waals surface area (Å²) in [6.07, 6.45) is 6.61. The van der Waals surface area contributed by atoms with Crippen molar-refractivity contribution in [2.45, 2.75) is 32.5 Å². The molecule has 3 aromatic carbocycles. The first-order valence-corrected chi connectivity index (χ1v) is 13.6. The van der Waals surface area contributed by atoms with Crippen molar-refractivity contribution in [2.24, 2.45) is 5.41 Å². The van der Waals surface area contributed by atoms with Crippen LogP contribution in [0.3, 0.4) is 0 Å². The predicted octanol–water partition coefficient (Wildman–Crippen LogP) is 6.47. The van der Waals surface area contributed by atoms with Gasteiger partial charge in [0.05, 0.1) is 22.2 Å². The van der Waals surface area contributed by atoms with Crippen molar-refractivity contribution in [1.29, 1.82) is 5.26 Å². The van der Waals surface area contributed by atoms with Crippen molar-refractivity contribution in [3.63, 3.8) is 0 Å². The van der Waals surface area contributed by atoms with Gasteiger partial charge in [0.25, 0.3) is 0 Å². The van der Waals surface area contributed by atoms with Crippen LogP contribution < -0.4 is 9.47 Å². The Balaban J connectivity index is 1.49. The van der Waals surface area contributed by atoms with Crippen LogP contribution in [0.5, 0.6) is 11.5 Å². The predicted molar refractivity (Wildman–Crippen MR) is 157 cm³/mol. The summed E-state index contributed by atoms with van der Waals surface area (Å²) >= 11 is 6.58. The molecule has 0 spiro atoms. The van der Waals surface area contributed by atoms with E-state index in [0.29, 0.717) is 17.6 Å². The second-order valence-electron chi connectivity index (χ2n) is 10.4. The number of aliphatic hydroxyl groups excluding tert-OH is 1. The number of carbonyl (C=O) groups is 1. The zero-order chi connectivity index (χ0) is 29.7. The lowest BCUT2D eigenvalue weighted by molar-refractivity contribution is 0.111. The second-order valence-corrected chi connectivity index (χ2v) is 10.8. The maximum absolute atomic E-state index is 11.8. The summed E-state index contributed by atoms with van der Waals surface area (Å²) in [5.41, 5.74) is 2.02. The average Bonchev–Trinajstić information content (AvgIpc) is 3.50. The summed E-state index contributed by atoms with van der Waals surface area (Å²) in [4.78, 5) is 11.8. The lowest BCUT2D eigenvalue weighted by Gasteiger charge is -2.45. The number of allylic oxidation sites excluding steroid dienone is 3. The van der Waals surface area contributed by atoms with E-state index in [1.807, 2.05) is 48.6 Å². The van der Waals surface area contributed by atoms with E-state index in [0.717, 1.165) is 16.7 Å². The van der Waals surface area contributed by atoms with Gasteiger partial charge < -0.3 is 19.0 Å². The van der Waals surface area contributed by atoms with Gasteiger partial charge >= 0.3 is 0 Å². The van der Waals surface area contributed by atoms with E-state index in [9.17, 15) is 15.2 Å². The molecule has 1 heterocycles. The first-order chi connectivity index (χ1) is 20.3. The summed E-state index contributed by atoms with van der Waals surface area (Å²) < 4.78 is 18.3. The van der Waals surface area contributed by atoms with Gasteiger partial charge in [-0.3, -0.25) is 4.79 Å². The van der Waals surface area contributed by atoms with Crippen LogP contribution in [-0.4, -0.2) is 28.2 Å².